The highest BCUT2D eigenvalue weighted by Gasteiger charge is 2.28. The normalized spacial score (nSPS) is 18.8. The lowest BCUT2D eigenvalue weighted by Gasteiger charge is -2.28. The number of ether oxygens (including phenoxy) is 1. The fourth-order valence-corrected chi connectivity index (χ4v) is 2.33. The molecule has 0 spiro atoms. The van der Waals surface area contributed by atoms with Gasteiger partial charge in [-0.1, -0.05) is 0 Å². The molecule has 1 fully saturated rings. The minimum Gasteiger partial charge on any atom is -0.481 e. The van der Waals surface area contributed by atoms with Crippen LogP contribution in [0.3, 0.4) is 0 Å². The van der Waals surface area contributed by atoms with Crippen LogP contribution in [0.5, 0.6) is 0 Å². The van der Waals surface area contributed by atoms with Gasteiger partial charge in [0.1, 0.15) is 0 Å². The first-order valence-electron chi connectivity index (χ1n) is 5.84. The van der Waals surface area contributed by atoms with Gasteiger partial charge >= 0.3 is 5.97 Å². The van der Waals surface area contributed by atoms with Gasteiger partial charge < -0.3 is 9.84 Å². The molecule has 0 radical (unpaired) electrons. The van der Waals surface area contributed by atoms with E-state index in [9.17, 15) is 4.79 Å². The molecule has 1 N–H and O–H groups in total. The first kappa shape index (κ1) is 12.0. The third-order valence-electron chi connectivity index (χ3n) is 3.20. The van der Waals surface area contributed by atoms with Gasteiger partial charge in [0.2, 0.25) is 0 Å². The van der Waals surface area contributed by atoms with Crippen molar-refractivity contribution in [3.8, 4) is 0 Å². The molecule has 0 aliphatic carbocycles. The monoisotopic (exact) mass is 236 g/mol. The third kappa shape index (κ3) is 3.23. The summed E-state index contributed by atoms with van der Waals surface area (Å²) < 4.78 is 5.31. The van der Waals surface area contributed by atoms with Crippen molar-refractivity contribution >= 4 is 5.97 Å². The molecule has 17 heavy (non-hydrogen) atoms. The predicted octanol–water partition coefficient (Wildman–Crippen LogP) is 1.46. The summed E-state index contributed by atoms with van der Waals surface area (Å²) in [4.78, 5) is 10.9. The smallest absolute Gasteiger partial charge is 0.304 e. The maximum absolute atomic E-state index is 10.9. The zero-order chi connectivity index (χ0) is 12.1. The molecule has 1 unspecified atom stereocenters. The highest BCUT2D eigenvalue weighted by atomic mass is 16.5. The summed E-state index contributed by atoms with van der Waals surface area (Å²) in [5.41, 5.74) is 0.779. The zero-order valence-electron chi connectivity index (χ0n) is 9.58. The molecule has 92 valence electrons. The molecule has 0 amide bonds. The van der Waals surface area contributed by atoms with Gasteiger partial charge in [-0.3, -0.25) is 4.79 Å². The lowest BCUT2D eigenvalue weighted by molar-refractivity contribution is -0.138. The molecule has 0 saturated carbocycles. The molecular formula is C12H16N2O3. The molecule has 5 nitrogen and oxygen atoms in total. The van der Waals surface area contributed by atoms with Crippen LogP contribution in [0.1, 0.15) is 30.9 Å². The Kier molecular flexibility index (Phi) is 4.03. The van der Waals surface area contributed by atoms with Gasteiger partial charge in [0.25, 0.3) is 0 Å². The Hall–Kier alpha value is -1.49. The van der Waals surface area contributed by atoms with Crippen molar-refractivity contribution in [3.05, 3.63) is 24.0 Å². The average molecular weight is 236 g/mol. The first-order chi connectivity index (χ1) is 8.27. The van der Waals surface area contributed by atoms with Crippen LogP contribution in [0.25, 0.3) is 0 Å². The number of carboxylic acids is 1. The number of carboxylic acid groups (broad SMARTS) is 1. The summed E-state index contributed by atoms with van der Waals surface area (Å²) in [6.07, 6.45) is 3.51. The summed E-state index contributed by atoms with van der Waals surface area (Å²) in [6, 6.07) is 3.66. The van der Waals surface area contributed by atoms with Gasteiger partial charge in [-0.25, -0.2) is 0 Å². The molecular weight excluding hydrogens is 220 g/mol. The Balaban J connectivity index is 2.15. The van der Waals surface area contributed by atoms with E-state index >= 15 is 0 Å². The van der Waals surface area contributed by atoms with E-state index in [4.69, 9.17) is 9.84 Å². The van der Waals surface area contributed by atoms with Crippen molar-refractivity contribution in [2.24, 2.45) is 5.92 Å². The van der Waals surface area contributed by atoms with Gasteiger partial charge in [-0.15, -0.1) is 0 Å². The van der Waals surface area contributed by atoms with Gasteiger partial charge in [0.05, 0.1) is 12.1 Å². The quantitative estimate of drug-likeness (QED) is 0.856. The Morgan fingerprint density at radius 2 is 2.29 bits per heavy atom. The maximum atomic E-state index is 10.9. The molecule has 1 aromatic heterocycles. The van der Waals surface area contributed by atoms with Crippen LogP contribution in [-0.4, -0.2) is 34.5 Å². The number of aromatic nitrogens is 2. The molecule has 0 bridgehead atoms. The van der Waals surface area contributed by atoms with Crippen molar-refractivity contribution in [1.29, 1.82) is 0 Å². The molecule has 0 aromatic carbocycles. The van der Waals surface area contributed by atoms with Gasteiger partial charge in [-0.2, -0.15) is 10.2 Å². The van der Waals surface area contributed by atoms with E-state index in [1.54, 1.807) is 12.3 Å². The van der Waals surface area contributed by atoms with Crippen LogP contribution in [0.15, 0.2) is 18.3 Å². The van der Waals surface area contributed by atoms with Crippen molar-refractivity contribution in [3.63, 3.8) is 0 Å². The lowest BCUT2D eigenvalue weighted by atomic mass is 9.81. The molecule has 1 aromatic rings. The van der Waals surface area contributed by atoms with Crippen LogP contribution in [0, 0.1) is 5.92 Å². The summed E-state index contributed by atoms with van der Waals surface area (Å²) in [6.45, 7) is 1.42. The number of hydrogen-bond acceptors (Lipinski definition) is 4. The number of carbonyl (C=O) groups is 1. The topological polar surface area (TPSA) is 72.3 Å². The van der Waals surface area contributed by atoms with E-state index in [0.29, 0.717) is 19.1 Å². The van der Waals surface area contributed by atoms with E-state index in [1.165, 1.54) is 0 Å². The summed E-state index contributed by atoms with van der Waals surface area (Å²) >= 11 is 0. The molecule has 1 aliphatic heterocycles. The van der Waals surface area contributed by atoms with Crippen LogP contribution in [-0.2, 0) is 9.53 Å². The SMILES string of the molecule is O=C(O)CC(c1cccnn1)C1CCOCC1. The van der Waals surface area contributed by atoms with E-state index in [1.807, 2.05) is 6.07 Å². The van der Waals surface area contributed by atoms with Crippen molar-refractivity contribution in [2.45, 2.75) is 25.2 Å². The fraction of sp³-hybridized carbons (Fsp3) is 0.583. The Morgan fingerprint density at radius 1 is 1.53 bits per heavy atom. The minimum atomic E-state index is -0.785. The van der Waals surface area contributed by atoms with E-state index < -0.39 is 5.97 Å². The second-order valence-electron chi connectivity index (χ2n) is 4.30. The number of rotatable bonds is 4. The molecule has 1 saturated heterocycles. The molecule has 1 atom stereocenters. The Labute approximate surface area is 99.8 Å². The number of aliphatic carboxylic acids is 1. The lowest BCUT2D eigenvalue weighted by Crippen LogP contribution is -2.24. The largest absolute Gasteiger partial charge is 0.481 e. The summed E-state index contributed by atoms with van der Waals surface area (Å²) in [7, 11) is 0. The third-order valence-corrected chi connectivity index (χ3v) is 3.20. The Bertz CT molecular complexity index is 363. The van der Waals surface area contributed by atoms with E-state index in [-0.39, 0.29) is 12.3 Å². The van der Waals surface area contributed by atoms with Crippen LogP contribution >= 0.6 is 0 Å². The number of hydrogen-bond donors (Lipinski definition) is 1. The second kappa shape index (κ2) is 5.72. The van der Waals surface area contributed by atoms with Crippen molar-refractivity contribution < 1.29 is 14.6 Å². The van der Waals surface area contributed by atoms with Gasteiger partial charge in [-0.05, 0) is 30.9 Å². The number of nitrogens with zero attached hydrogens (tertiary/aromatic N) is 2. The van der Waals surface area contributed by atoms with Crippen LogP contribution in [0.2, 0.25) is 0 Å². The van der Waals surface area contributed by atoms with E-state index in [0.717, 1.165) is 18.5 Å². The maximum Gasteiger partial charge on any atom is 0.304 e. The van der Waals surface area contributed by atoms with Crippen LogP contribution < -0.4 is 0 Å². The van der Waals surface area contributed by atoms with Crippen molar-refractivity contribution in [2.75, 3.05) is 13.2 Å². The Morgan fingerprint density at radius 3 is 2.88 bits per heavy atom. The first-order valence-corrected chi connectivity index (χ1v) is 5.84. The standard InChI is InChI=1S/C12H16N2O3/c15-12(16)8-10(9-3-6-17-7-4-9)11-2-1-5-13-14-11/h1-2,5,9-10H,3-4,6-8H2,(H,15,16). The van der Waals surface area contributed by atoms with Crippen LogP contribution in [0.4, 0.5) is 0 Å². The second-order valence-corrected chi connectivity index (χ2v) is 4.30. The highest BCUT2D eigenvalue weighted by molar-refractivity contribution is 5.68. The summed E-state index contributed by atoms with van der Waals surface area (Å²) in [5.74, 6) is -0.506. The molecule has 2 rings (SSSR count). The summed E-state index contributed by atoms with van der Waals surface area (Å²) in [5, 5.41) is 16.9. The average Bonchev–Trinajstić information content (AvgIpc) is 2.38. The molecule has 2 heterocycles. The van der Waals surface area contributed by atoms with E-state index in [2.05, 4.69) is 10.2 Å². The minimum absolute atomic E-state index is 0.0508. The fourth-order valence-electron chi connectivity index (χ4n) is 2.33. The zero-order valence-corrected chi connectivity index (χ0v) is 9.58. The van der Waals surface area contributed by atoms with Gasteiger partial charge in [0, 0.05) is 25.3 Å². The predicted molar refractivity (Wildman–Crippen MR) is 60.6 cm³/mol. The van der Waals surface area contributed by atoms with Crippen molar-refractivity contribution in [1.82, 2.24) is 10.2 Å². The highest BCUT2D eigenvalue weighted by Crippen LogP contribution is 2.33. The van der Waals surface area contributed by atoms with Gasteiger partial charge in [0.15, 0.2) is 0 Å². The molecule has 1 aliphatic rings. The molecule has 5 heteroatoms.